The molecule has 0 amide bonds. The monoisotopic (exact) mass is 999 g/mol. The number of ether oxygens (including phenoxy) is 11. The standard InChI is InChI=1S/C47H44Cl3NO17/c1-26(52)59-25-32-33(61-27(2)53)34(38(60-24-28-16-8-4-9-17-28)44(62-32)68-46(51)47(48,49)50)66-45-39(65-42(56)31-22-14-7-15-23-31)36(64-41(55)30-20-12-6-13-21-30)35(37(67-45)43(57)58-3)63-40(54)29-18-10-5-11-19-29/h4-23,32-39,44-45,51H,24-25H2,1-3H3/t32-,33+,34+,35+,36+,37+,38-,39-,44+,45-/m1/s1. The molecule has 10 atom stereocenters. The van der Waals surface area contributed by atoms with Crippen LogP contribution < -0.4 is 0 Å². The summed E-state index contributed by atoms with van der Waals surface area (Å²) < 4.78 is 63.2. The molecule has 0 radical (unpaired) electrons. The molecule has 0 aliphatic carbocycles. The molecule has 0 spiro atoms. The van der Waals surface area contributed by atoms with Gasteiger partial charge in [-0.25, -0.2) is 19.2 Å². The van der Waals surface area contributed by atoms with Gasteiger partial charge >= 0.3 is 35.8 Å². The second-order valence-electron chi connectivity index (χ2n) is 14.9. The smallest absolute Gasteiger partial charge is 0.339 e. The number of hydrogen-bond acceptors (Lipinski definition) is 18. The summed E-state index contributed by atoms with van der Waals surface area (Å²) in [7, 11) is 1.01. The molecule has 21 heteroatoms. The van der Waals surface area contributed by atoms with E-state index >= 15 is 0 Å². The van der Waals surface area contributed by atoms with Gasteiger partial charge in [0.1, 0.15) is 18.8 Å². The normalized spacial score (nSPS) is 24.6. The van der Waals surface area contributed by atoms with E-state index < -0.39 is 114 Å². The van der Waals surface area contributed by atoms with Crippen molar-refractivity contribution in [3.05, 3.63) is 144 Å². The van der Waals surface area contributed by atoms with E-state index in [1.807, 2.05) is 0 Å². The third-order valence-corrected chi connectivity index (χ3v) is 10.6. The fourth-order valence-corrected chi connectivity index (χ4v) is 7.12. The molecule has 2 saturated heterocycles. The Kier molecular flexibility index (Phi) is 17.9. The van der Waals surface area contributed by atoms with E-state index in [-0.39, 0.29) is 23.3 Å². The molecular weight excluding hydrogens is 957 g/mol. The molecule has 2 aliphatic rings. The van der Waals surface area contributed by atoms with Gasteiger partial charge in [0, 0.05) is 13.8 Å². The van der Waals surface area contributed by atoms with Crippen molar-refractivity contribution < 1.29 is 80.9 Å². The van der Waals surface area contributed by atoms with Crippen molar-refractivity contribution in [1.82, 2.24) is 0 Å². The van der Waals surface area contributed by atoms with E-state index in [9.17, 15) is 28.8 Å². The molecule has 2 aliphatic heterocycles. The Morgan fingerprint density at radius 1 is 0.559 bits per heavy atom. The summed E-state index contributed by atoms with van der Waals surface area (Å²) in [6.07, 6.45) is -18.5. The van der Waals surface area contributed by atoms with E-state index in [4.69, 9.17) is 92.3 Å². The van der Waals surface area contributed by atoms with E-state index in [1.54, 1.807) is 84.9 Å². The molecule has 0 bridgehead atoms. The van der Waals surface area contributed by atoms with Crippen LogP contribution in [0.2, 0.25) is 0 Å². The van der Waals surface area contributed by atoms with Gasteiger partial charge in [-0.2, -0.15) is 0 Å². The minimum atomic E-state index is -2.47. The summed E-state index contributed by atoms with van der Waals surface area (Å²) in [5, 5.41) is 8.48. The summed E-state index contributed by atoms with van der Waals surface area (Å²) >= 11 is 18.1. The van der Waals surface area contributed by atoms with Gasteiger partial charge in [0.25, 0.3) is 3.79 Å². The van der Waals surface area contributed by atoms with Crippen molar-refractivity contribution in [1.29, 1.82) is 5.41 Å². The highest BCUT2D eigenvalue weighted by Gasteiger charge is 2.59. The number of carbonyl (C=O) groups excluding carboxylic acids is 6. The summed E-state index contributed by atoms with van der Waals surface area (Å²) in [6.45, 7) is 1.27. The molecule has 0 unspecified atom stereocenters. The van der Waals surface area contributed by atoms with Crippen LogP contribution in [-0.4, -0.2) is 121 Å². The number of hydrogen-bond donors (Lipinski definition) is 1. The molecule has 0 aromatic heterocycles. The Labute approximate surface area is 404 Å². The first kappa shape index (κ1) is 51.3. The Morgan fingerprint density at radius 2 is 1.04 bits per heavy atom. The zero-order valence-corrected chi connectivity index (χ0v) is 38.6. The first-order valence-corrected chi connectivity index (χ1v) is 21.8. The van der Waals surface area contributed by atoms with Crippen molar-refractivity contribution in [2.75, 3.05) is 13.7 Å². The van der Waals surface area contributed by atoms with Gasteiger partial charge in [-0.05, 0) is 42.0 Å². The van der Waals surface area contributed by atoms with Crippen LogP contribution in [0.25, 0.3) is 0 Å². The molecule has 360 valence electrons. The zero-order valence-electron chi connectivity index (χ0n) is 36.3. The van der Waals surface area contributed by atoms with Crippen molar-refractivity contribution in [2.24, 2.45) is 0 Å². The molecule has 68 heavy (non-hydrogen) atoms. The number of methoxy groups -OCH3 is 1. The molecule has 18 nitrogen and oxygen atoms in total. The van der Waals surface area contributed by atoms with Crippen molar-refractivity contribution in [3.63, 3.8) is 0 Å². The first-order valence-electron chi connectivity index (χ1n) is 20.6. The maximum Gasteiger partial charge on any atom is 0.339 e. The second kappa shape index (κ2) is 23.7. The Balaban J connectivity index is 1.54. The minimum Gasteiger partial charge on any atom is -0.467 e. The second-order valence-corrected chi connectivity index (χ2v) is 17.2. The predicted molar refractivity (Wildman–Crippen MR) is 237 cm³/mol. The third-order valence-electron chi connectivity index (χ3n) is 10.1. The summed E-state index contributed by atoms with van der Waals surface area (Å²) in [5.74, 6) is -6.93. The number of carbonyl (C=O) groups is 6. The first-order chi connectivity index (χ1) is 32.5. The van der Waals surface area contributed by atoms with Gasteiger partial charge in [0.15, 0.2) is 42.9 Å². The van der Waals surface area contributed by atoms with Crippen LogP contribution in [-0.2, 0) is 73.1 Å². The van der Waals surface area contributed by atoms with Crippen LogP contribution >= 0.6 is 34.8 Å². The maximum absolute atomic E-state index is 14.2. The molecule has 2 heterocycles. The lowest BCUT2D eigenvalue weighted by Crippen LogP contribution is -2.68. The largest absolute Gasteiger partial charge is 0.467 e. The zero-order chi connectivity index (χ0) is 49.0. The molecule has 2 fully saturated rings. The van der Waals surface area contributed by atoms with Gasteiger partial charge in [0.2, 0.25) is 12.2 Å². The highest BCUT2D eigenvalue weighted by molar-refractivity contribution is 6.76. The molecular formula is C47H44Cl3NO17. The van der Waals surface area contributed by atoms with Crippen LogP contribution in [0.3, 0.4) is 0 Å². The number of esters is 6. The molecule has 0 saturated carbocycles. The van der Waals surface area contributed by atoms with Crippen molar-refractivity contribution >= 4 is 76.5 Å². The highest BCUT2D eigenvalue weighted by atomic mass is 35.6. The van der Waals surface area contributed by atoms with Gasteiger partial charge in [0.05, 0.1) is 30.4 Å². The summed E-state index contributed by atoms with van der Waals surface area (Å²) in [5.41, 5.74) is 0.569. The lowest BCUT2D eigenvalue weighted by molar-refractivity contribution is -0.354. The van der Waals surface area contributed by atoms with Gasteiger partial charge in [-0.15, -0.1) is 0 Å². The number of halogens is 3. The van der Waals surface area contributed by atoms with Crippen LogP contribution in [0.4, 0.5) is 0 Å². The Morgan fingerprint density at radius 3 is 1.51 bits per heavy atom. The topological polar surface area (TPSA) is 228 Å². The van der Waals surface area contributed by atoms with Crippen LogP contribution in [0.1, 0.15) is 50.5 Å². The van der Waals surface area contributed by atoms with Crippen molar-refractivity contribution in [2.45, 2.75) is 85.7 Å². The van der Waals surface area contributed by atoms with Crippen molar-refractivity contribution in [3.8, 4) is 0 Å². The van der Waals surface area contributed by atoms with Gasteiger partial charge in [-0.1, -0.05) is 120 Å². The highest BCUT2D eigenvalue weighted by Crippen LogP contribution is 2.38. The maximum atomic E-state index is 14.2. The molecule has 6 rings (SSSR count). The third kappa shape index (κ3) is 13.5. The predicted octanol–water partition coefficient (Wildman–Crippen LogP) is 6.12. The fourth-order valence-electron chi connectivity index (χ4n) is 6.99. The SMILES string of the molecule is COC(=O)[C@H]1O[C@@H](O[C@H]2[C@@H](OC(C)=O)[C@@H](COC(C)=O)O[C@@H](OC(=N)C(Cl)(Cl)Cl)[C@@H]2OCc2ccccc2)[C@H](OC(=O)c2ccccc2)[C@@H](OC(=O)c2ccccc2)[C@@H]1OC(=O)c1ccccc1. The van der Waals surface area contributed by atoms with E-state index in [0.29, 0.717) is 5.56 Å². The number of nitrogens with one attached hydrogen (secondary N) is 1. The molecule has 1 N–H and O–H groups in total. The number of benzene rings is 4. The van der Waals surface area contributed by atoms with E-state index in [0.717, 1.165) is 21.0 Å². The summed E-state index contributed by atoms with van der Waals surface area (Å²) in [6, 6.07) is 31.3. The van der Waals surface area contributed by atoms with Gasteiger partial charge < -0.3 is 52.1 Å². The van der Waals surface area contributed by atoms with Crippen LogP contribution in [0, 0.1) is 5.41 Å². The lowest BCUT2D eigenvalue weighted by Gasteiger charge is -2.48. The fraction of sp³-hybridized carbons (Fsp3) is 0.340. The Bertz CT molecular complexity index is 2380. The number of alkyl halides is 3. The minimum absolute atomic E-state index is 0.00854. The van der Waals surface area contributed by atoms with E-state index in [2.05, 4.69) is 0 Å². The van der Waals surface area contributed by atoms with E-state index in [1.165, 1.54) is 36.4 Å². The Hall–Kier alpha value is -6.12. The average Bonchev–Trinajstić information content (AvgIpc) is 3.33. The summed E-state index contributed by atoms with van der Waals surface area (Å²) in [4.78, 5) is 81.2. The van der Waals surface area contributed by atoms with Crippen LogP contribution in [0.15, 0.2) is 121 Å². The molecule has 4 aromatic rings. The quantitative estimate of drug-likeness (QED) is 0.0439. The average molecular weight is 1000 g/mol. The lowest BCUT2D eigenvalue weighted by atomic mass is 9.95. The van der Waals surface area contributed by atoms with Gasteiger partial charge in [-0.3, -0.25) is 15.0 Å². The molecule has 4 aromatic carbocycles. The van der Waals surface area contributed by atoms with Crippen LogP contribution in [0.5, 0.6) is 0 Å². The number of rotatable bonds is 16.